The van der Waals surface area contributed by atoms with E-state index in [1.54, 1.807) is 18.2 Å². The normalized spacial score (nSPS) is 18.6. The van der Waals surface area contributed by atoms with E-state index in [1.807, 2.05) is 6.07 Å². The van der Waals surface area contributed by atoms with Gasteiger partial charge in [-0.25, -0.2) is 0 Å². The van der Waals surface area contributed by atoms with Crippen LogP contribution in [0.1, 0.15) is 37.2 Å². The second-order valence-electron chi connectivity index (χ2n) is 7.21. The summed E-state index contributed by atoms with van der Waals surface area (Å²) in [7, 11) is 1.53. The first-order valence-corrected chi connectivity index (χ1v) is 9.73. The van der Waals surface area contributed by atoms with E-state index >= 15 is 0 Å². The average Bonchev–Trinajstić information content (AvgIpc) is 2.73. The molecule has 4 N–H and O–H groups in total. The number of nitrogens with zero attached hydrogens (tertiary/aromatic N) is 3. The zero-order valence-corrected chi connectivity index (χ0v) is 16.3. The molecule has 0 unspecified atom stereocenters. The molecule has 0 bridgehead atoms. The maximum atomic E-state index is 13.0. The quantitative estimate of drug-likeness (QED) is 0.723. The molecule has 152 valence electrons. The predicted molar refractivity (Wildman–Crippen MR) is 110 cm³/mol. The van der Waals surface area contributed by atoms with Gasteiger partial charge >= 0.3 is 0 Å². The molecule has 1 aromatic carbocycles. The molecule has 2 aliphatic heterocycles. The van der Waals surface area contributed by atoms with Gasteiger partial charge in [0.25, 0.3) is 0 Å². The Kier molecular flexibility index (Phi) is 5.20. The monoisotopic (exact) mass is 396 g/mol. The predicted octanol–water partition coefficient (Wildman–Crippen LogP) is 2.12. The van der Waals surface area contributed by atoms with Gasteiger partial charge in [-0.3, -0.25) is 9.59 Å². The highest BCUT2D eigenvalue weighted by atomic mass is 16.5. The summed E-state index contributed by atoms with van der Waals surface area (Å²) in [5, 5.41) is 5.58. The van der Waals surface area contributed by atoms with Crippen molar-refractivity contribution >= 4 is 35.1 Å². The van der Waals surface area contributed by atoms with E-state index in [4.69, 9.17) is 10.5 Å². The Morgan fingerprint density at radius 3 is 2.76 bits per heavy atom. The molecule has 2 amide bonds. The van der Waals surface area contributed by atoms with Crippen molar-refractivity contribution < 1.29 is 14.3 Å². The van der Waals surface area contributed by atoms with Gasteiger partial charge in [0.2, 0.25) is 17.8 Å². The van der Waals surface area contributed by atoms with Crippen LogP contribution in [-0.2, 0) is 9.59 Å². The molecule has 0 spiro atoms. The number of anilines is 4. The van der Waals surface area contributed by atoms with E-state index in [-0.39, 0.29) is 24.1 Å². The third-order valence-electron chi connectivity index (χ3n) is 5.28. The van der Waals surface area contributed by atoms with Crippen LogP contribution in [0.25, 0.3) is 0 Å². The molecule has 0 radical (unpaired) electrons. The highest BCUT2D eigenvalue weighted by Gasteiger charge is 2.35. The number of nitrogens with one attached hydrogen (secondary N) is 2. The zero-order valence-electron chi connectivity index (χ0n) is 16.3. The lowest BCUT2D eigenvalue weighted by Gasteiger charge is -2.30. The minimum absolute atomic E-state index is 0.0232. The number of amides is 2. The molecule has 3 heterocycles. The molecule has 2 aliphatic rings. The number of rotatable bonds is 4. The van der Waals surface area contributed by atoms with Crippen molar-refractivity contribution in [2.45, 2.75) is 31.6 Å². The minimum atomic E-state index is -0.779. The minimum Gasteiger partial charge on any atom is -0.495 e. The lowest BCUT2D eigenvalue weighted by Crippen LogP contribution is -2.35. The number of ether oxygens (including phenoxy) is 1. The number of hydrogen-bond acceptors (Lipinski definition) is 7. The lowest BCUT2D eigenvalue weighted by molar-refractivity contribution is -0.123. The standard InChI is InChI=1S/C20H24N6O3/c1-29-14-8-4-3-7-13(14)22-19(28)12-11-15(27)23-18-16(12)17(21)24-20(25-18)26-9-5-2-6-10-26/h3-4,7-8,12H,2,5-6,9-11H2,1H3,(H,22,28)(H3,21,23,24,25,27)/t12-/m1/s1. The number of aromatic nitrogens is 2. The van der Waals surface area contributed by atoms with E-state index in [0.29, 0.717) is 28.8 Å². The summed E-state index contributed by atoms with van der Waals surface area (Å²) in [6, 6.07) is 7.09. The zero-order chi connectivity index (χ0) is 20.4. The van der Waals surface area contributed by atoms with E-state index in [0.717, 1.165) is 25.9 Å². The first-order chi connectivity index (χ1) is 14.1. The van der Waals surface area contributed by atoms with Crippen molar-refractivity contribution in [3.8, 4) is 5.75 Å². The van der Waals surface area contributed by atoms with Crippen molar-refractivity contribution in [1.82, 2.24) is 9.97 Å². The average molecular weight is 396 g/mol. The molecular formula is C20H24N6O3. The third kappa shape index (κ3) is 3.80. The van der Waals surface area contributed by atoms with Crippen LogP contribution in [-0.4, -0.2) is 42.0 Å². The molecule has 1 atom stereocenters. The summed E-state index contributed by atoms with van der Waals surface area (Å²) in [5.41, 5.74) is 7.22. The van der Waals surface area contributed by atoms with Crippen molar-refractivity contribution in [2.24, 2.45) is 0 Å². The molecule has 0 saturated carbocycles. The maximum Gasteiger partial charge on any atom is 0.232 e. The molecule has 9 heteroatoms. The van der Waals surface area contributed by atoms with Gasteiger partial charge < -0.3 is 26.0 Å². The van der Waals surface area contributed by atoms with Crippen molar-refractivity contribution in [3.63, 3.8) is 0 Å². The third-order valence-corrected chi connectivity index (χ3v) is 5.28. The summed E-state index contributed by atoms with van der Waals surface area (Å²) in [6.07, 6.45) is 3.29. The Hall–Kier alpha value is -3.36. The van der Waals surface area contributed by atoms with Crippen LogP contribution in [0.15, 0.2) is 24.3 Å². The molecule has 29 heavy (non-hydrogen) atoms. The molecule has 1 fully saturated rings. The Balaban J connectivity index is 1.64. The Morgan fingerprint density at radius 1 is 1.24 bits per heavy atom. The van der Waals surface area contributed by atoms with Crippen LogP contribution in [0.3, 0.4) is 0 Å². The summed E-state index contributed by atoms with van der Waals surface area (Å²) in [6.45, 7) is 1.70. The molecule has 1 aromatic heterocycles. The molecule has 4 rings (SSSR count). The largest absolute Gasteiger partial charge is 0.495 e. The molecular weight excluding hydrogens is 372 g/mol. The molecule has 2 aromatic rings. The number of carbonyl (C=O) groups excluding carboxylic acids is 2. The number of fused-ring (bicyclic) bond motifs is 1. The fourth-order valence-electron chi connectivity index (χ4n) is 3.81. The second-order valence-corrected chi connectivity index (χ2v) is 7.21. The number of para-hydroxylation sites is 2. The maximum absolute atomic E-state index is 13.0. The van der Waals surface area contributed by atoms with Gasteiger partial charge in [-0.15, -0.1) is 0 Å². The highest BCUT2D eigenvalue weighted by molar-refractivity contribution is 6.06. The van der Waals surface area contributed by atoms with Crippen LogP contribution in [0.4, 0.5) is 23.3 Å². The molecule has 0 aliphatic carbocycles. The highest BCUT2D eigenvalue weighted by Crippen LogP contribution is 2.37. The number of hydrogen-bond donors (Lipinski definition) is 3. The Morgan fingerprint density at radius 2 is 2.00 bits per heavy atom. The lowest BCUT2D eigenvalue weighted by atomic mass is 9.91. The van der Waals surface area contributed by atoms with E-state index in [2.05, 4.69) is 25.5 Å². The number of piperidine rings is 1. The molecule has 1 saturated heterocycles. The topological polar surface area (TPSA) is 122 Å². The number of methoxy groups -OCH3 is 1. The first-order valence-electron chi connectivity index (χ1n) is 9.73. The fourth-order valence-corrected chi connectivity index (χ4v) is 3.81. The van der Waals surface area contributed by atoms with Crippen molar-refractivity contribution in [3.05, 3.63) is 29.8 Å². The Bertz CT molecular complexity index is 942. The van der Waals surface area contributed by atoms with E-state index < -0.39 is 5.92 Å². The van der Waals surface area contributed by atoms with Crippen LogP contribution in [0.5, 0.6) is 5.75 Å². The van der Waals surface area contributed by atoms with E-state index in [9.17, 15) is 9.59 Å². The Labute approximate surface area is 168 Å². The van der Waals surface area contributed by atoms with E-state index in [1.165, 1.54) is 13.5 Å². The summed E-state index contributed by atoms with van der Waals surface area (Å²) in [4.78, 5) is 36.3. The van der Waals surface area contributed by atoms with Gasteiger partial charge in [0.05, 0.1) is 24.3 Å². The van der Waals surface area contributed by atoms with Crippen LogP contribution in [0.2, 0.25) is 0 Å². The first kappa shape index (κ1) is 19.0. The van der Waals surface area contributed by atoms with Gasteiger partial charge in [-0.1, -0.05) is 12.1 Å². The molecule has 9 nitrogen and oxygen atoms in total. The fraction of sp³-hybridized carbons (Fsp3) is 0.400. The number of nitrogens with two attached hydrogens (primary N) is 1. The summed E-state index contributed by atoms with van der Waals surface area (Å²) in [5.74, 6) is 0.148. The van der Waals surface area contributed by atoms with Crippen LogP contribution in [0, 0.1) is 0 Å². The van der Waals surface area contributed by atoms with Crippen LogP contribution < -0.4 is 26.0 Å². The van der Waals surface area contributed by atoms with Gasteiger partial charge in [-0.05, 0) is 31.4 Å². The summed E-state index contributed by atoms with van der Waals surface area (Å²) >= 11 is 0. The van der Waals surface area contributed by atoms with Gasteiger partial charge in [0, 0.05) is 19.5 Å². The van der Waals surface area contributed by atoms with Gasteiger partial charge in [0.15, 0.2) is 0 Å². The number of nitrogen functional groups attached to an aromatic ring is 1. The number of carbonyl (C=O) groups is 2. The summed E-state index contributed by atoms with van der Waals surface area (Å²) < 4.78 is 5.28. The van der Waals surface area contributed by atoms with Crippen LogP contribution >= 0.6 is 0 Å². The smallest absolute Gasteiger partial charge is 0.232 e. The van der Waals surface area contributed by atoms with Gasteiger partial charge in [0.1, 0.15) is 17.4 Å². The second kappa shape index (κ2) is 7.94. The SMILES string of the molecule is COc1ccccc1NC(=O)[C@@H]1CC(=O)Nc2nc(N3CCCCC3)nc(N)c21. The van der Waals surface area contributed by atoms with Gasteiger partial charge in [-0.2, -0.15) is 9.97 Å². The number of benzene rings is 1. The van der Waals surface area contributed by atoms with Crippen molar-refractivity contribution in [1.29, 1.82) is 0 Å². The van der Waals surface area contributed by atoms with Crippen molar-refractivity contribution in [2.75, 3.05) is 41.5 Å².